The van der Waals surface area contributed by atoms with E-state index in [1.165, 1.54) is 19.2 Å². The van der Waals surface area contributed by atoms with Crippen LogP contribution in [-0.4, -0.2) is 33.9 Å². The Balaban J connectivity index is 1.08. The quantitative estimate of drug-likeness (QED) is 0.0847. The number of hydrogen-bond acceptors (Lipinski definition) is 7. The van der Waals surface area contributed by atoms with Gasteiger partial charge in [-0.05, 0) is 120 Å². The Hall–Kier alpha value is -8.17. The van der Waals surface area contributed by atoms with Gasteiger partial charge in [0.1, 0.15) is 16.9 Å². The monoisotopic (exact) mass is 813 g/mol. The molecule has 8 aromatic carbocycles. The molecule has 62 heavy (non-hydrogen) atoms. The van der Waals surface area contributed by atoms with Crippen LogP contribution in [0.4, 0.5) is 38.5 Å². The van der Waals surface area contributed by atoms with Crippen LogP contribution in [-0.2, 0) is 9.53 Å². The van der Waals surface area contributed by atoms with Gasteiger partial charge in [-0.25, -0.2) is 4.39 Å². The number of halogens is 1. The number of carbonyl (C=O) groups excluding carboxylic acids is 2. The van der Waals surface area contributed by atoms with Gasteiger partial charge in [0.2, 0.25) is 0 Å². The van der Waals surface area contributed by atoms with Crippen molar-refractivity contribution in [3.05, 3.63) is 212 Å². The van der Waals surface area contributed by atoms with Gasteiger partial charge in [-0.3, -0.25) is 9.59 Å². The van der Waals surface area contributed by atoms with Crippen molar-refractivity contribution in [2.24, 2.45) is 0 Å². The Morgan fingerprint density at radius 2 is 0.871 bits per heavy atom. The first-order chi connectivity index (χ1) is 30.4. The summed E-state index contributed by atoms with van der Waals surface area (Å²) >= 11 is 0. The first kappa shape index (κ1) is 39.3. The van der Waals surface area contributed by atoms with E-state index in [0.717, 1.165) is 56.4 Å². The minimum Gasteiger partial charge on any atom is -0.469 e. The van der Waals surface area contributed by atoms with E-state index in [-0.39, 0.29) is 24.4 Å². The second kappa shape index (κ2) is 17.6. The second-order valence-corrected chi connectivity index (χ2v) is 14.6. The Morgan fingerprint density at radius 1 is 0.484 bits per heavy atom. The average molecular weight is 814 g/mol. The smallest absolute Gasteiger partial charge is 0.305 e. The molecule has 9 aromatic rings. The van der Waals surface area contributed by atoms with Crippen molar-refractivity contribution in [2.75, 3.05) is 16.9 Å². The van der Waals surface area contributed by atoms with Crippen molar-refractivity contribution in [1.82, 2.24) is 15.0 Å². The summed E-state index contributed by atoms with van der Waals surface area (Å²) in [6.45, 7) is 0. The highest BCUT2D eigenvalue weighted by atomic mass is 19.1. The molecular weight excluding hydrogens is 774 g/mol. The number of fused-ring (bicyclic) bond motifs is 1. The fourth-order valence-corrected chi connectivity index (χ4v) is 7.61. The van der Waals surface area contributed by atoms with Gasteiger partial charge in [-0.2, -0.15) is 4.80 Å². The Kier molecular flexibility index (Phi) is 11.1. The lowest BCUT2D eigenvalue weighted by Crippen LogP contribution is -2.10. The highest BCUT2D eigenvalue weighted by Gasteiger charge is 2.20. The van der Waals surface area contributed by atoms with Crippen LogP contribution in [0.25, 0.3) is 39.0 Å². The molecule has 0 aliphatic carbocycles. The lowest BCUT2D eigenvalue weighted by Gasteiger charge is -2.26. The second-order valence-electron chi connectivity index (χ2n) is 14.6. The fraction of sp³-hybridized carbons (Fsp3) is 0.0566. The number of aromatic nitrogens is 3. The van der Waals surface area contributed by atoms with Crippen molar-refractivity contribution in [1.29, 1.82) is 0 Å². The van der Waals surface area contributed by atoms with E-state index < -0.39 is 5.97 Å². The molecule has 0 N–H and O–H groups in total. The third-order valence-electron chi connectivity index (χ3n) is 10.7. The van der Waals surface area contributed by atoms with Gasteiger partial charge in [-0.1, -0.05) is 91.0 Å². The Labute approximate surface area is 358 Å². The summed E-state index contributed by atoms with van der Waals surface area (Å²) < 4.78 is 18.7. The number of anilines is 6. The van der Waals surface area contributed by atoms with Crippen LogP contribution >= 0.6 is 0 Å². The average Bonchev–Trinajstić information content (AvgIpc) is 3.78. The normalized spacial score (nSPS) is 11.0. The van der Waals surface area contributed by atoms with E-state index in [9.17, 15) is 14.0 Å². The van der Waals surface area contributed by atoms with Gasteiger partial charge in [0, 0.05) is 57.2 Å². The molecule has 0 aliphatic heterocycles. The first-order valence-electron chi connectivity index (χ1n) is 20.3. The van der Waals surface area contributed by atoms with Crippen LogP contribution in [0.1, 0.15) is 23.2 Å². The molecule has 9 heteroatoms. The van der Waals surface area contributed by atoms with Gasteiger partial charge in [0.25, 0.3) is 0 Å². The SMILES string of the molecule is COC(=O)CCC(=O)c1ccc(N(c2ccccc2)c2ccc(-c3ccc(-c4ccc(N(c5ccccc5)c5ccccc5)cc4)c4nn(-c5ccc(F)cc5)nc34)cc2)cc1. The van der Waals surface area contributed by atoms with Crippen LogP contribution in [0.3, 0.4) is 0 Å². The summed E-state index contributed by atoms with van der Waals surface area (Å²) in [5.41, 5.74) is 12.1. The zero-order chi connectivity index (χ0) is 42.4. The minimum atomic E-state index is -0.414. The van der Waals surface area contributed by atoms with Crippen LogP contribution in [0, 0.1) is 5.82 Å². The number of ketones is 1. The van der Waals surface area contributed by atoms with E-state index in [0.29, 0.717) is 22.3 Å². The molecule has 0 radical (unpaired) electrons. The molecular formula is C53H40FN5O3. The molecule has 0 atom stereocenters. The first-order valence-corrected chi connectivity index (χ1v) is 20.3. The lowest BCUT2D eigenvalue weighted by molar-refractivity contribution is -0.140. The van der Waals surface area contributed by atoms with E-state index >= 15 is 0 Å². The molecule has 1 heterocycles. The number of nitrogens with zero attached hydrogens (tertiary/aromatic N) is 5. The molecule has 0 saturated heterocycles. The van der Waals surface area contributed by atoms with Gasteiger partial charge in [0.15, 0.2) is 5.78 Å². The predicted octanol–water partition coefficient (Wildman–Crippen LogP) is 13.0. The number of para-hydroxylation sites is 3. The van der Waals surface area contributed by atoms with Crippen molar-refractivity contribution in [3.63, 3.8) is 0 Å². The third-order valence-corrected chi connectivity index (χ3v) is 10.7. The van der Waals surface area contributed by atoms with Crippen molar-refractivity contribution in [3.8, 4) is 27.9 Å². The van der Waals surface area contributed by atoms with Gasteiger partial charge in [0.05, 0.1) is 19.2 Å². The number of rotatable bonds is 13. The fourth-order valence-electron chi connectivity index (χ4n) is 7.61. The highest BCUT2D eigenvalue weighted by Crippen LogP contribution is 2.40. The van der Waals surface area contributed by atoms with Crippen LogP contribution in [0.5, 0.6) is 0 Å². The largest absolute Gasteiger partial charge is 0.469 e. The maximum absolute atomic E-state index is 14.0. The van der Waals surface area contributed by atoms with E-state index in [1.54, 1.807) is 29.1 Å². The summed E-state index contributed by atoms with van der Waals surface area (Å²) in [6, 6.07) is 65.0. The van der Waals surface area contributed by atoms with Crippen molar-refractivity contribution < 1.29 is 18.7 Å². The standard InChI is InChI=1S/C53H40FN5O3/c1-62-51(61)36-35-50(60)39-21-29-46(30-22-39)58(43-15-9-4-10-16-43)45-27-19-38(20-28-45)49-34-33-48(52-53(49)56-59(55-52)47-31-23-40(54)24-32-47)37-17-25-44(26-18-37)57(41-11-5-2-6-12-41)42-13-7-3-8-14-42/h2-34H,35-36H2,1H3. The molecule has 0 amide bonds. The molecule has 8 nitrogen and oxygen atoms in total. The van der Waals surface area contributed by atoms with E-state index in [1.807, 2.05) is 78.9 Å². The molecule has 0 bridgehead atoms. The molecule has 0 spiro atoms. The highest BCUT2D eigenvalue weighted by molar-refractivity contribution is 6.01. The summed E-state index contributed by atoms with van der Waals surface area (Å²) in [4.78, 5) is 30.4. The molecule has 0 saturated carbocycles. The Bertz CT molecular complexity index is 2920. The summed E-state index contributed by atoms with van der Waals surface area (Å²) in [6.07, 6.45) is 0.115. The summed E-state index contributed by atoms with van der Waals surface area (Å²) in [5, 5.41) is 10.0. The third kappa shape index (κ3) is 8.20. The molecule has 9 rings (SSSR count). The van der Waals surface area contributed by atoms with Gasteiger partial charge in [-0.15, -0.1) is 10.2 Å². The van der Waals surface area contributed by atoms with Crippen LogP contribution in [0.2, 0.25) is 0 Å². The lowest BCUT2D eigenvalue weighted by atomic mass is 9.97. The zero-order valence-corrected chi connectivity index (χ0v) is 33.8. The zero-order valence-electron chi connectivity index (χ0n) is 33.8. The van der Waals surface area contributed by atoms with Crippen LogP contribution in [0.15, 0.2) is 200 Å². The molecule has 0 unspecified atom stereocenters. The number of Topliss-reactive ketones (excluding diaryl/α,β-unsaturated/α-hetero) is 1. The van der Waals surface area contributed by atoms with E-state index in [2.05, 4.69) is 94.7 Å². The van der Waals surface area contributed by atoms with Gasteiger partial charge >= 0.3 is 5.97 Å². The van der Waals surface area contributed by atoms with Crippen LogP contribution < -0.4 is 9.80 Å². The summed E-state index contributed by atoms with van der Waals surface area (Å²) in [7, 11) is 1.32. The number of ether oxygens (including phenoxy) is 1. The van der Waals surface area contributed by atoms with E-state index in [4.69, 9.17) is 14.9 Å². The number of methoxy groups -OCH3 is 1. The van der Waals surface area contributed by atoms with Crippen molar-refractivity contribution >= 4 is 56.9 Å². The molecule has 0 aliphatic rings. The predicted molar refractivity (Wildman–Crippen MR) is 245 cm³/mol. The topological polar surface area (TPSA) is 80.6 Å². The number of esters is 1. The minimum absolute atomic E-state index is 0.0352. The van der Waals surface area contributed by atoms with Gasteiger partial charge < -0.3 is 14.5 Å². The van der Waals surface area contributed by atoms with Crippen molar-refractivity contribution in [2.45, 2.75) is 12.8 Å². The molecule has 1 aromatic heterocycles. The maximum atomic E-state index is 14.0. The number of carbonyl (C=O) groups is 2. The molecule has 0 fully saturated rings. The number of hydrogen-bond donors (Lipinski definition) is 0. The maximum Gasteiger partial charge on any atom is 0.305 e. The Morgan fingerprint density at radius 3 is 1.27 bits per heavy atom. The number of benzene rings is 8. The summed E-state index contributed by atoms with van der Waals surface area (Å²) in [5.74, 6) is -0.874. The molecule has 302 valence electrons.